The number of imide groups is 2. The van der Waals surface area contributed by atoms with E-state index >= 15 is 0 Å². The highest BCUT2D eigenvalue weighted by Crippen LogP contribution is 2.32. The van der Waals surface area contributed by atoms with E-state index in [2.05, 4.69) is 17.6 Å². The molecule has 2 heterocycles. The Morgan fingerprint density at radius 2 is 2.00 bits per heavy atom. The molecule has 2 N–H and O–H groups in total. The van der Waals surface area contributed by atoms with Crippen molar-refractivity contribution in [2.75, 3.05) is 5.32 Å². The van der Waals surface area contributed by atoms with Crippen molar-refractivity contribution in [3.8, 4) is 0 Å². The summed E-state index contributed by atoms with van der Waals surface area (Å²) in [7, 11) is 0. The maximum Gasteiger partial charge on any atom is 0.264 e. The summed E-state index contributed by atoms with van der Waals surface area (Å²) in [5.41, 5.74) is 1.20. The monoisotopic (exact) mass is 343 g/mol. The minimum atomic E-state index is -0.939. The van der Waals surface area contributed by atoms with Crippen LogP contribution >= 0.6 is 0 Å². The van der Waals surface area contributed by atoms with Crippen LogP contribution in [0.4, 0.5) is 5.69 Å². The Hall–Kier alpha value is -2.70. The Bertz CT molecular complexity index is 759. The maximum absolute atomic E-state index is 12.9. The van der Waals surface area contributed by atoms with E-state index in [1.54, 1.807) is 18.2 Å². The Labute approximate surface area is 145 Å². The fourth-order valence-electron chi connectivity index (χ4n) is 3.41. The summed E-state index contributed by atoms with van der Waals surface area (Å²) in [6.07, 6.45) is 2.20. The van der Waals surface area contributed by atoms with Crippen molar-refractivity contribution in [2.45, 2.75) is 51.6 Å². The maximum atomic E-state index is 12.9. The molecule has 2 aliphatic rings. The first-order valence-electron chi connectivity index (χ1n) is 8.55. The van der Waals surface area contributed by atoms with Crippen LogP contribution in [0.5, 0.6) is 0 Å². The molecule has 2 aliphatic heterocycles. The summed E-state index contributed by atoms with van der Waals surface area (Å²) in [5, 5.41) is 5.48. The first kappa shape index (κ1) is 17.1. The van der Waals surface area contributed by atoms with Crippen LogP contribution in [0.1, 0.15) is 60.2 Å². The molecular weight excluding hydrogens is 322 g/mol. The van der Waals surface area contributed by atoms with E-state index in [0.717, 1.165) is 17.7 Å². The number of carbonyl (C=O) groups excluding carboxylic acids is 4. The van der Waals surface area contributed by atoms with Crippen LogP contribution in [0.3, 0.4) is 0 Å². The van der Waals surface area contributed by atoms with Gasteiger partial charge in [0, 0.05) is 18.2 Å². The summed E-state index contributed by atoms with van der Waals surface area (Å²) in [4.78, 5) is 50.0. The van der Waals surface area contributed by atoms with Crippen molar-refractivity contribution in [3.63, 3.8) is 0 Å². The van der Waals surface area contributed by atoms with Gasteiger partial charge in [-0.15, -0.1) is 0 Å². The van der Waals surface area contributed by atoms with Crippen LogP contribution in [0.2, 0.25) is 0 Å². The molecule has 7 heteroatoms. The number of fused-ring (bicyclic) bond motifs is 1. The fraction of sp³-hybridized carbons (Fsp3) is 0.444. The van der Waals surface area contributed by atoms with Gasteiger partial charge < -0.3 is 5.32 Å². The minimum Gasteiger partial charge on any atom is -0.382 e. The number of hydrogen-bond donors (Lipinski definition) is 2. The highest BCUT2D eigenvalue weighted by molar-refractivity contribution is 6.25. The number of carbonyl (C=O) groups is 4. The van der Waals surface area contributed by atoms with Crippen LogP contribution in [0.15, 0.2) is 18.2 Å². The molecule has 0 spiro atoms. The van der Waals surface area contributed by atoms with Crippen LogP contribution in [-0.4, -0.2) is 40.6 Å². The van der Waals surface area contributed by atoms with Gasteiger partial charge in [0.2, 0.25) is 11.8 Å². The molecule has 2 atom stereocenters. The molecule has 1 aromatic carbocycles. The zero-order valence-corrected chi connectivity index (χ0v) is 14.3. The van der Waals surface area contributed by atoms with Crippen molar-refractivity contribution < 1.29 is 19.2 Å². The van der Waals surface area contributed by atoms with Crippen molar-refractivity contribution in [1.82, 2.24) is 10.2 Å². The zero-order chi connectivity index (χ0) is 18.1. The Morgan fingerprint density at radius 1 is 1.24 bits per heavy atom. The third-order valence-corrected chi connectivity index (χ3v) is 4.59. The van der Waals surface area contributed by atoms with Crippen molar-refractivity contribution in [2.24, 2.45) is 0 Å². The van der Waals surface area contributed by atoms with Gasteiger partial charge in [-0.2, -0.15) is 0 Å². The molecule has 0 aliphatic carbocycles. The topological polar surface area (TPSA) is 95.6 Å². The number of rotatable bonds is 5. The smallest absolute Gasteiger partial charge is 0.264 e. The molecule has 0 radical (unpaired) electrons. The molecule has 0 bridgehead atoms. The number of hydrogen-bond acceptors (Lipinski definition) is 5. The molecule has 1 fully saturated rings. The highest BCUT2D eigenvalue weighted by atomic mass is 16.2. The van der Waals surface area contributed by atoms with Crippen molar-refractivity contribution in [1.29, 1.82) is 0 Å². The van der Waals surface area contributed by atoms with Gasteiger partial charge in [-0.25, -0.2) is 0 Å². The third kappa shape index (κ3) is 3.01. The van der Waals surface area contributed by atoms with Crippen molar-refractivity contribution >= 4 is 29.3 Å². The van der Waals surface area contributed by atoms with Gasteiger partial charge in [0.1, 0.15) is 6.04 Å². The second-order valence-electron chi connectivity index (χ2n) is 6.51. The SMILES string of the molecule is CCCC(C)Nc1cccc2c1C(=O)N(C1CCC(=O)NC1=O)C2=O. The molecule has 0 aromatic heterocycles. The van der Waals surface area contributed by atoms with Gasteiger partial charge in [0.15, 0.2) is 0 Å². The summed E-state index contributed by atoms with van der Waals surface area (Å²) in [5.74, 6) is -1.95. The zero-order valence-electron chi connectivity index (χ0n) is 14.3. The third-order valence-electron chi connectivity index (χ3n) is 4.59. The molecule has 0 saturated carbocycles. The second kappa shape index (κ2) is 6.66. The largest absolute Gasteiger partial charge is 0.382 e. The summed E-state index contributed by atoms with van der Waals surface area (Å²) >= 11 is 0. The number of nitrogens with zero attached hydrogens (tertiary/aromatic N) is 1. The van der Waals surface area contributed by atoms with Crippen LogP contribution < -0.4 is 10.6 Å². The van der Waals surface area contributed by atoms with Crippen LogP contribution in [0.25, 0.3) is 0 Å². The van der Waals surface area contributed by atoms with Gasteiger partial charge in [-0.3, -0.25) is 29.4 Å². The Morgan fingerprint density at radius 3 is 2.68 bits per heavy atom. The number of nitrogens with one attached hydrogen (secondary N) is 2. The van der Waals surface area contributed by atoms with E-state index in [4.69, 9.17) is 0 Å². The molecule has 132 valence electrons. The van der Waals surface area contributed by atoms with E-state index in [1.807, 2.05) is 6.92 Å². The Balaban J connectivity index is 1.91. The molecule has 2 unspecified atom stereocenters. The lowest BCUT2D eigenvalue weighted by atomic mass is 10.0. The van der Waals surface area contributed by atoms with E-state index in [0.29, 0.717) is 16.8 Å². The molecule has 25 heavy (non-hydrogen) atoms. The van der Waals surface area contributed by atoms with E-state index in [9.17, 15) is 19.2 Å². The number of amides is 4. The predicted molar refractivity (Wildman–Crippen MR) is 91.1 cm³/mol. The second-order valence-corrected chi connectivity index (χ2v) is 6.51. The molecule has 4 amide bonds. The molecule has 1 aromatic rings. The molecule has 7 nitrogen and oxygen atoms in total. The number of anilines is 1. The van der Waals surface area contributed by atoms with Gasteiger partial charge >= 0.3 is 0 Å². The van der Waals surface area contributed by atoms with Crippen LogP contribution in [-0.2, 0) is 9.59 Å². The average Bonchev–Trinajstić information content (AvgIpc) is 2.81. The lowest BCUT2D eigenvalue weighted by Gasteiger charge is -2.27. The average molecular weight is 343 g/mol. The van der Waals surface area contributed by atoms with E-state index in [-0.39, 0.29) is 24.8 Å². The lowest BCUT2D eigenvalue weighted by molar-refractivity contribution is -0.136. The Kier molecular flexibility index (Phi) is 4.57. The number of piperidine rings is 1. The molecule has 1 saturated heterocycles. The summed E-state index contributed by atoms with van der Waals surface area (Å²) in [6.45, 7) is 4.09. The fourth-order valence-corrected chi connectivity index (χ4v) is 3.41. The highest BCUT2D eigenvalue weighted by Gasteiger charge is 2.45. The van der Waals surface area contributed by atoms with E-state index in [1.165, 1.54) is 0 Å². The van der Waals surface area contributed by atoms with Crippen LogP contribution in [0, 0.1) is 0 Å². The van der Waals surface area contributed by atoms with Crippen molar-refractivity contribution in [3.05, 3.63) is 29.3 Å². The van der Waals surface area contributed by atoms with Gasteiger partial charge in [0.25, 0.3) is 11.8 Å². The molecule has 3 rings (SSSR count). The normalized spacial score (nSPS) is 21.2. The number of benzene rings is 1. The lowest BCUT2D eigenvalue weighted by Crippen LogP contribution is -2.54. The first-order valence-corrected chi connectivity index (χ1v) is 8.55. The predicted octanol–water partition coefficient (Wildman–Crippen LogP) is 1.69. The van der Waals surface area contributed by atoms with Gasteiger partial charge in [-0.05, 0) is 31.9 Å². The minimum absolute atomic E-state index is 0.114. The molecular formula is C18H21N3O4. The first-order chi connectivity index (χ1) is 11.9. The quantitative estimate of drug-likeness (QED) is 0.793. The van der Waals surface area contributed by atoms with E-state index < -0.39 is 23.8 Å². The summed E-state index contributed by atoms with van der Waals surface area (Å²) < 4.78 is 0. The van der Waals surface area contributed by atoms with Gasteiger partial charge in [-0.1, -0.05) is 19.4 Å². The standard InChI is InChI=1S/C18H21N3O4/c1-3-5-10(2)19-12-7-4-6-11-15(12)18(25)21(17(11)24)13-8-9-14(22)20-16(13)23/h4,6-7,10,13,19H,3,5,8-9H2,1-2H3,(H,20,22,23). The van der Waals surface area contributed by atoms with Gasteiger partial charge in [0.05, 0.1) is 11.1 Å². The summed E-state index contributed by atoms with van der Waals surface area (Å²) in [6, 6.07) is 4.30.